The Kier molecular flexibility index (Phi) is 4.35. The lowest BCUT2D eigenvalue weighted by Gasteiger charge is -2.06. The Morgan fingerprint density at radius 2 is 1.90 bits per heavy atom. The highest BCUT2D eigenvalue weighted by Gasteiger charge is 2.13. The zero-order valence-electron chi connectivity index (χ0n) is 12.0. The number of benzene rings is 1. The molecule has 2 aromatic rings. The number of nitrogens with one attached hydrogen (secondary N) is 1. The van der Waals surface area contributed by atoms with Gasteiger partial charge in [-0.3, -0.25) is 4.79 Å². The molecule has 20 heavy (non-hydrogen) atoms. The Balaban J connectivity index is 2.03. The summed E-state index contributed by atoms with van der Waals surface area (Å²) in [5.41, 5.74) is 3.03. The van der Waals surface area contributed by atoms with Crippen LogP contribution in [0.3, 0.4) is 0 Å². The third-order valence-electron chi connectivity index (χ3n) is 3.30. The first-order chi connectivity index (χ1) is 9.60. The van der Waals surface area contributed by atoms with Crippen molar-refractivity contribution in [2.24, 2.45) is 0 Å². The number of methoxy groups -OCH3 is 1. The van der Waals surface area contributed by atoms with Crippen LogP contribution in [-0.4, -0.2) is 13.0 Å². The Morgan fingerprint density at radius 1 is 1.20 bits per heavy atom. The second-order valence-electron chi connectivity index (χ2n) is 4.68. The monoisotopic (exact) mass is 271 g/mol. The van der Waals surface area contributed by atoms with Gasteiger partial charge >= 0.3 is 0 Å². The predicted molar refractivity (Wildman–Crippen MR) is 77.7 cm³/mol. The maximum atomic E-state index is 12.0. The zero-order chi connectivity index (χ0) is 14.5. The summed E-state index contributed by atoms with van der Waals surface area (Å²) in [5.74, 6) is 0.723. The van der Waals surface area contributed by atoms with Gasteiger partial charge in [-0.2, -0.15) is 4.57 Å². The highest BCUT2D eigenvalue weighted by Crippen LogP contribution is 2.14. The zero-order valence-corrected chi connectivity index (χ0v) is 12.0. The molecule has 0 radical (unpaired) electrons. The molecule has 4 heteroatoms. The number of aromatic nitrogens is 1. The van der Waals surface area contributed by atoms with Crippen LogP contribution in [0, 0.1) is 13.8 Å². The summed E-state index contributed by atoms with van der Waals surface area (Å²) in [6.45, 7) is 4.35. The SMILES string of the molecule is COc1ccc(NC(=O)C[n+]2cccc(C)c2C)cc1. The van der Waals surface area contributed by atoms with Gasteiger partial charge in [-0.15, -0.1) is 0 Å². The number of hydrogen-bond donors (Lipinski definition) is 1. The molecule has 0 bridgehead atoms. The number of pyridine rings is 1. The molecular weight excluding hydrogens is 252 g/mol. The van der Waals surface area contributed by atoms with Crippen molar-refractivity contribution < 1.29 is 14.1 Å². The molecular formula is C16H19N2O2+. The number of nitrogens with zero attached hydrogens (tertiary/aromatic N) is 1. The second kappa shape index (κ2) is 6.19. The molecule has 0 unspecified atom stereocenters. The molecule has 1 aromatic carbocycles. The van der Waals surface area contributed by atoms with Gasteiger partial charge < -0.3 is 10.1 Å². The Morgan fingerprint density at radius 3 is 2.55 bits per heavy atom. The predicted octanol–water partition coefficient (Wildman–Crippen LogP) is 2.24. The van der Waals surface area contributed by atoms with Gasteiger partial charge in [0, 0.05) is 24.2 Å². The van der Waals surface area contributed by atoms with Crippen molar-refractivity contribution in [1.29, 1.82) is 0 Å². The fraction of sp³-hybridized carbons (Fsp3) is 0.250. The van der Waals surface area contributed by atoms with Gasteiger partial charge in [0.15, 0.2) is 11.9 Å². The van der Waals surface area contributed by atoms with Crippen molar-refractivity contribution in [2.45, 2.75) is 20.4 Å². The number of anilines is 1. The van der Waals surface area contributed by atoms with Gasteiger partial charge in [0.05, 0.1) is 7.11 Å². The Hall–Kier alpha value is -2.36. The average Bonchev–Trinajstić information content (AvgIpc) is 2.45. The molecule has 0 saturated carbocycles. The lowest BCUT2D eigenvalue weighted by molar-refractivity contribution is -0.690. The minimum atomic E-state index is -0.0473. The Bertz CT molecular complexity index is 606. The number of rotatable bonds is 4. The van der Waals surface area contributed by atoms with Crippen LogP contribution in [0.5, 0.6) is 5.75 Å². The van der Waals surface area contributed by atoms with Gasteiger partial charge in [-0.1, -0.05) is 0 Å². The van der Waals surface area contributed by atoms with E-state index in [9.17, 15) is 4.79 Å². The highest BCUT2D eigenvalue weighted by atomic mass is 16.5. The standard InChI is InChI=1S/C16H18N2O2/c1-12-5-4-10-18(13(12)2)11-16(19)17-14-6-8-15(20-3)9-7-14/h4-10H,11H2,1-3H3/p+1. The third kappa shape index (κ3) is 3.35. The van der Waals surface area contributed by atoms with Crippen LogP contribution < -0.4 is 14.6 Å². The summed E-state index contributed by atoms with van der Waals surface area (Å²) >= 11 is 0. The second-order valence-corrected chi connectivity index (χ2v) is 4.68. The number of aryl methyl sites for hydroxylation is 1. The molecule has 1 amide bonds. The molecule has 4 nitrogen and oxygen atoms in total. The van der Waals surface area contributed by atoms with Crippen molar-refractivity contribution in [1.82, 2.24) is 0 Å². The first kappa shape index (κ1) is 14.1. The average molecular weight is 271 g/mol. The summed E-state index contributed by atoms with van der Waals surface area (Å²) in [6.07, 6.45) is 1.91. The van der Waals surface area contributed by atoms with E-state index in [1.165, 1.54) is 5.56 Å². The first-order valence-corrected chi connectivity index (χ1v) is 6.49. The molecule has 1 aromatic heterocycles. The van der Waals surface area contributed by atoms with E-state index < -0.39 is 0 Å². The maximum absolute atomic E-state index is 12.0. The summed E-state index contributed by atoms with van der Waals surface area (Å²) in [5, 5.41) is 2.87. The number of hydrogen-bond acceptors (Lipinski definition) is 2. The maximum Gasteiger partial charge on any atom is 0.290 e. The van der Waals surface area contributed by atoms with Crippen LogP contribution in [0.25, 0.3) is 0 Å². The summed E-state index contributed by atoms with van der Waals surface area (Å²) in [4.78, 5) is 12.0. The molecule has 1 heterocycles. The quantitative estimate of drug-likeness (QED) is 0.867. The van der Waals surface area contributed by atoms with Gasteiger partial charge in [-0.25, -0.2) is 0 Å². The van der Waals surface area contributed by atoms with Crippen LogP contribution in [0.2, 0.25) is 0 Å². The molecule has 1 N–H and O–H groups in total. The summed E-state index contributed by atoms with van der Waals surface area (Å²) in [7, 11) is 1.62. The third-order valence-corrected chi connectivity index (χ3v) is 3.30. The fourth-order valence-electron chi connectivity index (χ4n) is 1.95. The van der Waals surface area contributed by atoms with Crippen LogP contribution in [0.4, 0.5) is 5.69 Å². The molecule has 0 aliphatic rings. The molecule has 0 spiro atoms. The largest absolute Gasteiger partial charge is 0.497 e. The molecule has 0 fully saturated rings. The number of ether oxygens (including phenoxy) is 1. The topological polar surface area (TPSA) is 42.2 Å². The first-order valence-electron chi connectivity index (χ1n) is 6.49. The van der Waals surface area contributed by atoms with E-state index in [0.29, 0.717) is 6.54 Å². The minimum absolute atomic E-state index is 0.0473. The normalized spacial score (nSPS) is 10.2. The van der Waals surface area contributed by atoms with E-state index >= 15 is 0 Å². The van der Waals surface area contributed by atoms with Crippen molar-refractivity contribution >= 4 is 11.6 Å². The van der Waals surface area contributed by atoms with Crippen molar-refractivity contribution in [3.05, 3.63) is 53.9 Å². The number of amides is 1. The van der Waals surface area contributed by atoms with Gasteiger partial charge in [0.25, 0.3) is 5.91 Å². The number of carbonyl (C=O) groups excluding carboxylic acids is 1. The van der Waals surface area contributed by atoms with E-state index in [1.807, 2.05) is 61.0 Å². The highest BCUT2D eigenvalue weighted by molar-refractivity contribution is 5.89. The smallest absolute Gasteiger partial charge is 0.290 e. The van der Waals surface area contributed by atoms with E-state index in [-0.39, 0.29) is 5.91 Å². The van der Waals surface area contributed by atoms with Crippen LogP contribution in [0.15, 0.2) is 42.6 Å². The summed E-state index contributed by atoms with van der Waals surface area (Å²) in [6, 6.07) is 11.3. The molecule has 2 rings (SSSR count). The van der Waals surface area contributed by atoms with Crippen molar-refractivity contribution in [3.8, 4) is 5.75 Å². The van der Waals surface area contributed by atoms with Crippen molar-refractivity contribution in [2.75, 3.05) is 12.4 Å². The summed E-state index contributed by atoms with van der Waals surface area (Å²) < 4.78 is 7.02. The molecule has 0 aliphatic carbocycles. The number of carbonyl (C=O) groups is 1. The van der Waals surface area contributed by atoms with E-state index in [1.54, 1.807) is 7.11 Å². The molecule has 0 aliphatic heterocycles. The van der Waals surface area contributed by atoms with Gasteiger partial charge in [0.2, 0.25) is 6.54 Å². The molecule has 0 atom stereocenters. The minimum Gasteiger partial charge on any atom is -0.497 e. The van der Waals surface area contributed by atoms with E-state index in [2.05, 4.69) is 5.32 Å². The van der Waals surface area contributed by atoms with Gasteiger partial charge in [-0.05, 0) is 37.3 Å². The lowest BCUT2D eigenvalue weighted by atomic mass is 10.2. The molecule has 0 saturated heterocycles. The van der Waals surface area contributed by atoms with Crippen molar-refractivity contribution in [3.63, 3.8) is 0 Å². The fourth-order valence-corrected chi connectivity index (χ4v) is 1.95. The van der Waals surface area contributed by atoms with Crippen LogP contribution in [-0.2, 0) is 11.3 Å². The van der Waals surface area contributed by atoms with Crippen LogP contribution >= 0.6 is 0 Å². The van der Waals surface area contributed by atoms with E-state index in [4.69, 9.17) is 4.74 Å². The van der Waals surface area contributed by atoms with E-state index in [0.717, 1.165) is 17.1 Å². The lowest BCUT2D eigenvalue weighted by Crippen LogP contribution is -2.43. The molecule has 104 valence electrons. The van der Waals surface area contributed by atoms with Crippen LogP contribution in [0.1, 0.15) is 11.3 Å². The van der Waals surface area contributed by atoms with Gasteiger partial charge in [0.1, 0.15) is 5.75 Å². The Labute approximate surface area is 119 Å².